The Morgan fingerprint density at radius 2 is 2.43 bits per heavy atom. The van der Waals surface area contributed by atoms with Crippen LogP contribution in [0.2, 0.25) is 0 Å². The number of rotatable bonds is 8. The van der Waals surface area contributed by atoms with Crippen molar-refractivity contribution in [1.29, 1.82) is 0 Å². The molecule has 2 aromatic rings. The number of hydrogen-bond donors (Lipinski definition) is 1. The van der Waals surface area contributed by atoms with Crippen molar-refractivity contribution in [3.63, 3.8) is 0 Å². The highest BCUT2D eigenvalue weighted by atomic mass is 32.2. The maximum Gasteiger partial charge on any atom is 0.236 e. The molecule has 2 aromatic heterocycles. The molecule has 114 valence electrons. The van der Waals surface area contributed by atoms with Gasteiger partial charge in [0.05, 0.1) is 11.4 Å². The van der Waals surface area contributed by atoms with Gasteiger partial charge in [0, 0.05) is 25.6 Å². The van der Waals surface area contributed by atoms with Gasteiger partial charge in [-0.3, -0.25) is 4.79 Å². The van der Waals surface area contributed by atoms with E-state index >= 15 is 0 Å². The molecule has 2 heterocycles. The van der Waals surface area contributed by atoms with Gasteiger partial charge >= 0.3 is 0 Å². The maximum absolute atomic E-state index is 11.8. The fourth-order valence-corrected chi connectivity index (χ4v) is 3.03. The lowest BCUT2D eigenvalue weighted by atomic mass is 10.4. The molecule has 0 atom stereocenters. The minimum absolute atomic E-state index is 0.0965. The quantitative estimate of drug-likeness (QED) is 0.588. The number of thiazole rings is 1. The van der Waals surface area contributed by atoms with Crippen molar-refractivity contribution >= 4 is 34.1 Å². The number of aryl methyl sites for hydroxylation is 2. The first-order valence-electron chi connectivity index (χ1n) is 6.40. The zero-order valence-electron chi connectivity index (χ0n) is 11.9. The molecule has 0 spiro atoms. The van der Waals surface area contributed by atoms with Crippen LogP contribution in [0.15, 0.2) is 16.9 Å². The second-order valence-corrected chi connectivity index (χ2v) is 6.08. The van der Waals surface area contributed by atoms with E-state index in [2.05, 4.69) is 20.5 Å². The SMILES string of the molecule is COCCCn1cnnc1SCC(=O)Nc1nc(C)cs1. The molecule has 0 aromatic carbocycles. The van der Waals surface area contributed by atoms with Crippen LogP contribution in [0.3, 0.4) is 0 Å². The van der Waals surface area contributed by atoms with E-state index in [1.165, 1.54) is 23.1 Å². The summed E-state index contributed by atoms with van der Waals surface area (Å²) in [7, 11) is 1.67. The highest BCUT2D eigenvalue weighted by Gasteiger charge is 2.10. The normalized spacial score (nSPS) is 10.8. The van der Waals surface area contributed by atoms with Gasteiger partial charge in [0.15, 0.2) is 10.3 Å². The summed E-state index contributed by atoms with van der Waals surface area (Å²) >= 11 is 2.78. The van der Waals surface area contributed by atoms with Crippen LogP contribution in [0.1, 0.15) is 12.1 Å². The van der Waals surface area contributed by atoms with Gasteiger partial charge in [0.25, 0.3) is 0 Å². The Morgan fingerprint density at radius 1 is 1.57 bits per heavy atom. The summed E-state index contributed by atoms with van der Waals surface area (Å²) in [6, 6.07) is 0. The molecule has 1 N–H and O–H groups in total. The molecule has 0 fully saturated rings. The van der Waals surface area contributed by atoms with E-state index in [1.807, 2.05) is 16.9 Å². The van der Waals surface area contributed by atoms with E-state index in [0.717, 1.165) is 23.8 Å². The van der Waals surface area contributed by atoms with Crippen molar-refractivity contribution in [3.05, 3.63) is 17.4 Å². The number of carbonyl (C=O) groups excluding carboxylic acids is 1. The molecule has 21 heavy (non-hydrogen) atoms. The monoisotopic (exact) mass is 327 g/mol. The van der Waals surface area contributed by atoms with Gasteiger partial charge in [-0.15, -0.1) is 21.5 Å². The number of hydrogen-bond acceptors (Lipinski definition) is 7. The van der Waals surface area contributed by atoms with Gasteiger partial charge in [-0.1, -0.05) is 11.8 Å². The van der Waals surface area contributed by atoms with Crippen LogP contribution in [0.25, 0.3) is 0 Å². The lowest BCUT2D eigenvalue weighted by Crippen LogP contribution is -2.14. The summed E-state index contributed by atoms with van der Waals surface area (Å²) in [5, 5.41) is 13.9. The van der Waals surface area contributed by atoms with Gasteiger partial charge in [0.1, 0.15) is 6.33 Å². The van der Waals surface area contributed by atoms with Gasteiger partial charge in [-0.05, 0) is 13.3 Å². The molecule has 0 saturated heterocycles. The Balaban J connectivity index is 1.79. The number of anilines is 1. The molecule has 0 aliphatic carbocycles. The van der Waals surface area contributed by atoms with Crippen LogP contribution in [-0.4, -0.2) is 45.1 Å². The van der Waals surface area contributed by atoms with Gasteiger partial charge in [-0.25, -0.2) is 4.98 Å². The van der Waals surface area contributed by atoms with Crippen molar-refractivity contribution in [2.45, 2.75) is 25.0 Å². The minimum atomic E-state index is -0.0965. The molecule has 0 saturated carbocycles. The molecule has 1 amide bonds. The highest BCUT2D eigenvalue weighted by Crippen LogP contribution is 2.17. The Kier molecular flexibility index (Phi) is 6.15. The molecular formula is C12H17N5O2S2. The maximum atomic E-state index is 11.8. The van der Waals surface area contributed by atoms with E-state index in [1.54, 1.807) is 13.4 Å². The summed E-state index contributed by atoms with van der Waals surface area (Å²) < 4.78 is 6.94. The second kappa shape index (κ2) is 8.11. The topological polar surface area (TPSA) is 81.9 Å². The van der Waals surface area contributed by atoms with E-state index in [-0.39, 0.29) is 11.7 Å². The van der Waals surface area contributed by atoms with Crippen LogP contribution in [0.4, 0.5) is 5.13 Å². The molecule has 0 bridgehead atoms. The summed E-state index contributed by atoms with van der Waals surface area (Å²) in [5.41, 5.74) is 0.904. The minimum Gasteiger partial charge on any atom is -0.385 e. The molecule has 0 radical (unpaired) electrons. The number of ether oxygens (including phenoxy) is 1. The number of aromatic nitrogens is 4. The third kappa shape index (κ3) is 5.10. The average molecular weight is 327 g/mol. The predicted octanol–water partition coefficient (Wildman–Crippen LogP) is 1.81. The number of methoxy groups -OCH3 is 1. The number of nitrogens with one attached hydrogen (secondary N) is 1. The Morgan fingerprint density at radius 3 is 3.14 bits per heavy atom. The van der Waals surface area contributed by atoms with Crippen LogP contribution < -0.4 is 5.32 Å². The zero-order chi connectivity index (χ0) is 15.1. The number of thioether (sulfide) groups is 1. The standard InChI is InChI=1S/C12H17N5O2S2/c1-9-6-20-11(14-9)15-10(18)7-21-12-16-13-8-17(12)4-3-5-19-2/h6,8H,3-5,7H2,1-2H3,(H,14,15,18). The zero-order valence-corrected chi connectivity index (χ0v) is 13.5. The van der Waals surface area contributed by atoms with Gasteiger partial charge in [-0.2, -0.15) is 0 Å². The summed E-state index contributed by atoms with van der Waals surface area (Å²) in [4.78, 5) is 16.0. The van der Waals surface area contributed by atoms with Crippen molar-refractivity contribution in [3.8, 4) is 0 Å². The van der Waals surface area contributed by atoms with Crippen LogP contribution in [0.5, 0.6) is 0 Å². The number of nitrogens with zero attached hydrogens (tertiary/aromatic N) is 4. The van der Waals surface area contributed by atoms with Gasteiger partial charge in [0.2, 0.25) is 5.91 Å². The fraction of sp³-hybridized carbons (Fsp3) is 0.500. The molecular weight excluding hydrogens is 310 g/mol. The van der Waals surface area contributed by atoms with Crippen molar-refractivity contribution < 1.29 is 9.53 Å². The Hall–Kier alpha value is -1.45. The predicted molar refractivity (Wildman–Crippen MR) is 82.7 cm³/mol. The average Bonchev–Trinajstić information content (AvgIpc) is 3.06. The molecule has 9 heteroatoms. The fourth-order valence-electron chi connectivity index (χ4n) is 1.59. The summed E-state index contributed by atoms with van der Waals surface area (Å²) in [6.45, 7) is 3.35. The first-order chi connectivity index (χ1) is 10.2. The van der Waals surface area contributed by atoms with E-state index in [0.29, 0.717) is 11.7 Å². The first-order valence-corrected chi connectivity index (χ1v) is 8.27. The molecule has 7 nitrogen and oxygen atoms in total. The Bertz CT molecular complexity index is 584. The third-order valence-electron chi connectivity index (χ3n) is 2.53. The molecule has 2 rings (SSSR count). The first kappa shape index (κ1) is 15.9. The van der Waals surface area contributed by atoms with Gasteiger partial charge < -0.3 is 14.6 Å². The summed E-state index contributed by atoms with van der Waals surface area (Å²) in [5.74, 6) is 0.183. The van der Waals surface area contributed by atoms with Crippen LogP contribution in [0, 0.1) is 6.92 Å². The number of carbonyl (C=O) groups is 1. The van der Waals surface area contributed by atoms with Crippen molar-refractivity contribution in [1.82, 2.24) is 19.7 Å². The third-order valence-corrected chi connectivity index (χ3v) is 4.38. The van der Waals surface area contributed by atoms with Crippen LogP contribution in [-0.2, 0) is 16.1 Å². The smallest absolute Gasteiger partial charge is 0.236 e. The van der Waals surface area contributed by atoms with Crippen LogP contribution >= 0.6 is 23.1 Å². The van der Waals surface area contributed by atoms with E-state index in [9.17, 15) is 4.79 Å². The largest absolute Gasteiger partial charge is 0.385 e. The van der Waals surface area contributed by atoms with E-state index in [4.69, 9.17) is 4.74 Å². The summed E-state index contributed by atoms with van der Waals surface area (Å²) in [6.07, 6.45) is 2.55. The Labute approximate surface area is 131 Å². The number of amides is 1. The molecule has 0 aliphatic rings. The lowest BCUT2D eigenvalue weighted by molar-refractivity contribution is -0.113. The van der Waals surface area contributed by atoms with Crippen molar-refractivity contribution in [2.75, 3.05) is 24.8 Å². The second-order valence-electron chi connectivity index (χ2n) is 4.28. The molecule has 0 aliphatic heterocycles. The lowest BCUT2D eigenvalue weighted by Gasteiger charge is -2.05. The molecule has 0 unspecified atom stereocenters. The van der Waals surface area contributed by atoms with E-state index < -0.39 is 0 Å². The van der Waals surface area contributed by atoms with Crippen molar-refractivity contribution in [2.24, 2.45) is 0 Å². The highest BCUT2D eigenvalue weighted by molar-refractivity contribution is 7.99.